The molecule has 8 heteroatoms. The topological polar surface area (TPSA) is 73.8 Å². The van der Waals surface area contributed by atoms with Crippen molar-refractivity contribution in [3.63, 3.8) is 0 Å². The van der Waals surface area contributed by atoms with Gasteiger partial charge >= 0.3 is 0 Å². The molecule has 0 saturated carbocycles. The van der Waals surface area contributed by atoms with E-state index in [9.17, 15) is 4.79 Å². The number of hydrogen-bond donors (Lipinski definition) is 0. The SMILES string of the molecule is Cc1oc(-c2cccs2)nc1Cn1cnc2snc(C)c2c1=O. The summed E-state index contributed by atoms with van der Waals surface area (Å²) in [6, 6.07) is 3.91. The molecule has 116 valence electrons. The van der Waals surface area contributed by atoms with E-state index in [-0.39, 0.29) is 5.56 Å². The van der Waals surface area contributed by atoms with Gasteiger partial charge in [-0.05, 0) is 36.8 Å². The Labute approximate surface area is 139 Å². The van der Waals surface area contributed by atoms with Crippen molar-refractivity contribution in [3.05, 3.63) is 51.3 Å². The molecule has 0 fully saturated rings. The van der Waals surface area contributed by atoms with Crippen molar-refractivity contribution in [3.8, 4) is 10.8 Å². The zero-order chi connectivity index (χ0) is 16.0. The molecule has 0 N–H and O–H groups in total. The monoisotopic (exact) mass is 344 g/mol. The lowest BCUT2D eigenvalue weighted by Gasteiger charge is -2.02. The Kier molecular flexibility index (Phi) is 3.35. The maximum atomic E-state index is 12.6. The predicted octanol–water partition coefficient (Wildman–Crippen LogP) is 3.23. The van der Waals surface area contributed by atoms with Gasteiger partial charge in [-0.1, -0.05) is 6.07 Å². The quantitative estimate of drug-likeness (QED) is 0.570. The average molecular weight is 344 g/mol. The normalized spacial score (nSPS) is 11.4. The Balaban J connectivity index is 1.75. The highest BCUT2D eigenvalue weighted by molar-refractivity contribution is 7.13. The first-order chi connectivity index (χ1) is 11.1. The Morgan fingerprint density at radius 2 is 2.22 bits per heavy atom. The molecule has 6 nitrogen and oxygen atoms in total. The standard InChI is InChI=1S/C15H12N4O2S2/c1-8-12-14(23-18-8)16-7-19(15(12)20)6-10-9(2)21-13(17-10)11-4-3-5-22-11/h3-5,7H,6H2,1-2H3. The summed E-state index contributed by atoms with van der Waals surface area (Å²) >= 11 is 2.81. The van der Waals surface area contributed by atoms with E-state index < -0.39 is 0 Å². The number of nitrogens with zero attached hydrogens (tertiary/aromatic N) is 4. The molecule has 0 aliphatic carbocycles. The minimum atomic E-state index is -0.0960. The molecule has 4 aromatic rings. The Hall–Kier alpha value is -2.32. The molecule has 0 bridgehead atoms. The molecule has 0 atom stereocenters. The molecule has 4 rings (SSSR count). The number of fused-ring (bicyclic) bond motifs is 1. The highest BCUT2D eigenvalue weighted by atomic mass is 32.1. The largest absolute Gasteiger partial charge is 0.440 e. The number of aromatic nitrogens is 4. The van der Waals surface area contributed by atoms with Gasteiger partial charge in [0.1, 0.15) is 11.5 Å². The first-order valence-corrected chi connectivity index (χ1v) is 8.60. The summed E-state index contributed by atoms with van der Waals surface area (Å²) in [5.41, 5.74) is 1.35. The summed E-state index contributed by atoms with van der Waals surface area (Å²) in [5.74, 6) is 1.29. The molecule has 23 heavy (non-hydrogen) atoms. The van der Waals surface area contributed by atoms with Crippen molar-refractivity contribution < 1.29 is 4.42 Å². The van der Waals surface area contributed by atoms with E-state index in [2.05, 4.69) is 14.3 Å². The maximum absolute atomic E-state index is 12.6. The Morgan fingerprint density at radius 3 is 3.00 bits per heavy atom. The minimum Gasteiger partial charge on any atom is -0.440 e. The van der Waals surface area contributed by atoms with Gasteiger partial charge in [0, 0.05) is 0 Å². The number of oxazole rings is 1. The van der Waals surface area contributed by atoms with Crippen LogP contribution >= 0.6 is 22.9 Å². The van der Waals surface area contributed by atoms with Crippen LogP contribution in [-0.2, 0) is 6.54 Å². The van der Waals surface area contributed by atoms with Crippen molar-refractivity contribution in [1.82, 2.24) is 18.9 Å². The third-order valence-corrected chi connectivity index (χ3v) is 5.28. The van der Waals surface area contributed by atoms with Crippen LogP contribution < -0.4 is 5.56 Å². The van der Waals surface area contributed by atoms with Crippen molar-refractivity contribution >= 4 is 33.1 Å². The van der Waals surface area contributed by atoms with E-state index in [1.807, 2.05) is 31.4 Å². The van der Waals surface area contributed by atoms with Crippen molar-refractivity contribution in [2.24, 2.45) is 0 Å². The summed E-state index contributed by atoms with van der Waals surface area (Å²) < 4.78 is 11.5. The summed E-state index contributed by atoms with van der Waals surface area (Å²) in [6.07, 6.45) is 1.54. The molecule has 0 spiro atoms. The molecule has 0 unspecified atom stereocenters. The molecule has 0 amide bonds. The first kappa shape index (κ1) is 14.3. The molecule has 0 aromatic carbocycles. The molecular formula is C15H12N4O2S2. The second-order valence-corrected chi connectivity index (χ2v) is 6.82. The van der Waals surface area contributed by atoms with E-state index in [1.165, 1.54) is 11.5 Å². The van der Waals surface area contributed by atoms with Crippen molar-refractivity contribution in [2.45, 2.75) is 20.4 Å². The fourth-order valence-electron chi connectivity index (χ4n) is 2.36. The smallest absolute Gasteiger partial charge is 0.264 e. The van der Waals surface area contributed by atoms with E-state index >= 15 is 0 Å². The van der Waals surface area contributed by atoms with Crippen molar-refractivity contribution in [2.75, 3.05) is 0 Å². The third kappa shape index (κ3) is 2.40. The minimum absolute atomic E-state index is 0.0960. The van der Waals surface area contributed by atoms with Crippen LogP contribution in [-0.4, -0.2) is 18.9 Å². The molecule has 4 aromatic heterocycles. The van der Waals surface area contributed by atoms with Gasteiger partial charge in [-0.25, -0.2) is 9.97 Å². The zero-order valence-electron chi connectivity index (χ0n) is 12.4. The highest BCUT2D eigenvalue weighted by Crippen LogP contribution is 2.26. The van der Waals surface area contributed by atoms with Gasteiger partial charge in [0.25, 0.3) is 5.56 Å². The van der Waals surface area contributed by atoms with Crippen LogP contribution in [0.3, 0.4) is 0 Å². The average Bonchev–Trinajstić information content (AvgIpc) is 3.24. The number of rotatable bonds is 3. The van der Waals surface area contributed by atoms with E-state index in [4.69, 9.17) is 4.42 Å². The number of thiophene rings is 1. The lowest BCUT2D eigenvalue weighted by molar-refractivity contribution is 0.538. The lowest BCUT2D eigenvalue weighted by Crippen LogP contribution is -2.21. The van der Waals surface area contributed by atoms with Crippen LogP contribution in [0.5, 0.6) is 0 Å². The van der Waals surface area contributed by atoms with Gasteiger partial charge in [0.2, 0.25) is 5.89 Å². The summed E-state index contributed by atoms with van der Waals surface area (Å²) in [4.78, 5) is 23.1. The Bertz CT molecular complexity index is 1040. The second-order valence-electron chi connectivity index (χ2n) is 5.12. The van der Waals surface area contributed by atoms with Crippen LogP contribution in [0.4, 0.5) is 0 Å². The van der Waals surface area contributed by atoms with Crippen molar-refractivity contribution in [1.29, 1.82) is 0 Å². The summed E-state index contributed by atoms with van der Waals surface area (Å²) in [7, 11) is 0. The van der Waals surface area contributed by atoms with E-state index in [0.29, 0.717) is 34.1 Å². The molecule has 0 aliphatic heterocycles. The molecule has 0 radical (unpaired) electrons. The van der Waals surface area contributed by atoms with Gasteiger partial charge in [0.15, 0.2) is 4.83 Å². The van der Waals surface area contributed by atoms with Gasteiger partial charge < -0.3 is 4.42 Å². The fraction of sp³-hybridized carbons (Fsp3) is 0.200. The van der Waals surface area contributed by atoms with Crippen LogP contribution in [0.1, 0.15) is 17.1 Å². The first-order valence-electron chi connectivity index (χ1n) is 6.95. The molecular weight excluding hydrogens is 332 g/mol. The lowest BCUT2D eigenvalue weighted by atomic mass is 10.3. The summed E-state index contributed by atoms with van der Waals surface area (Å²) in [6.45, 7) is 4.01. The summed E-state index contributed by atoms with van der Waals surface area (Å²) in [5, 5.41) is 2.56. The Morgan fingerprint density at radius 1 is 1.35 bits per heavy atom. The molecule has 4 heterocycles. The van der Waals surface area contributed by atoms with Crippen LogP contribution in [0, 0.1) is 13.8 Å². The zero-order valence-corrected chi connectivity index (χ0v) is 14.1. The number of hydrogen-bond acceptors (Lipinski definition) is 7. The van der Waals surface area contributed by atoms with Gasteiger partial charge in [-0.15, -0.1) is 11.3 Å². The second kappa shape index (κ2) is 5.39. The third-order valence-electron chi connectivity index (χ3n) is 3.58. The highest BCUT2D eigenvalue weighted by Gasteiger charge is 2.15. The van der Waals surface area contributed by atoms with Crippen LogP contribution in [0.25, 0.3) is 21.0 Å². The number of aryl methyl sites for hydroxylation is 2. The fourth-order valence-corrected chi connectivity index (χ4v) is 3.75. The van der Waals surface area contributed by atoms with Gasteiger partial charge in [-0.2, -0.15) is 4.37 Å². The van der Waals surface area contributed by atoms with E-state index in [0.717, 1.165) is 10.6 Å². The maximum Gasteiger partial charge on any atom is 0.264 e. The molecule has 0 saturated heterocycles. The van der Waals surface area contributed by atoms with Crippen LogP contribution in [0.15, 0.2) is 33.1 Å². The molecule has 0 aliphatic rings. The van der Waals surface area contributed by atoms with E-state index in [1.54, 1.807) is 22.2 Å². The van der Waals surface area contributed by atoms with Gasteiger partial charge in [0.05, 0.1) is 28.8 Å². The van der Waals surface area contributed by atoms with Crippen LogP contribution in [0.2, 0.25) is 0 Å². The van der Waals surface area contributed by atoms with Gasteiger partial charge in [-0.3, -0.25) is 9.36 Å². The predicted molar refractivity (Wildman–Crippen MR) is 90.1 cm³/mol.